The van der Waals surface area contributed by atoms with Crippen molar-refractivity contribution in [2.24, 2.45) is 5.92 Å². The van der Waals surface area contributed by atoms with Crippen LogP contribution >= 0.6 is 0 Å². The van der Waals surface area contributed by atoms with E-state index in [-0.39, 0.29) is 18.2 Å². The molecule has 0 bridgehead atoms. The Bertz CT molecular complexity index is 496. The number of alkyl halides is 3. The van der Waals surface area contributed by atoms with Gasteiger partial charge in [0.1, 0.15) is 5.75 Å². The van der Waals surface area contributed by atoms with E-state index in [1.807, 2.05) is 0 Å². The van der Waals surface area contributed by atoms with Crippen LogP contribution in [-0.2, 0) is 11.3 Å². The Labute approximate surface area is 127 Å². The molecule has 1 aliphatic carbocycles. The van der Waals surface area contributed by atoms with Crippen molar-refractivity contribution in [2.75, 3.05) is 0 Å². The van der Waals surface area contributed by atoms with E-state index in [0.717, 1.165) is 6.42 Å². The molecule has 0 radical (unpaired) electrons. The fourth-order valence-electron chi connectivity index (χ4n) is 2.79. The van der Waals surface area contributed by atoms with Gasteiger partial charge in [-0.2, -0.15) is 0 Å². The van der Waals surface area contributed by atoms with Crippen LogP contribution in [0.4, 0.5) is 13.2 Å². The van der Waals surface area contributed by atoms with Crippen molar-refractivity contribution in [1.29, 1.82) is 0 Å². The quantitative estimate of drug-likeness (QED) is 0.855. The summed E-state index contributed by atoms with van der Waals surface area (Å²) in [4.78, 5) is 11.8. The molecule has 1 fully saturated rings. The molecular formula is C16H20F3NO2. The first-order valence-corrected chi connectivity index (χ1v) is 7.54. The number of benzene rings is 1. The molecule has 0 aromatic heterocycles. The van der Waals surface area contributed by atoms with Crippen LogP contribution in [0.25, 0.3) is 0 Å². The Kier molecular flexibility index (Phi) is 5.69. The summed E-state index contributed by atoms with van der Waals surface area (Å²) in [5.41, 5.74) is 0.314. The Balaban J connectivity index is 1.81. The van der Waals surface area contributed by atoms with Gasteiger partial charge >= 0.3 is 6.36 Å². The monoisotopic (exact) mass is 315 g/mol. The summed E-state index contributed by atoms with van der Waals surface area (Å²) < 4.78 is 40.9. The van der Waals surface area contributed by atoms with Gasteiger partial charge in [-0.3, -0.25) is 4.79 Å². The minimum absolute atomic E-state index is 0.0375. The summed E-state index contributed by atoms with van der Waals surface area (Å²) in [6.45, 7) is 0.0375. The molecule has 0 unspecified atom stereocenters. The molecule has 122 valence electrons. The molecule has 2 rings (SSSR count). The molecular weight excluding hydrogens is 295 g/mol. The number of halogens is 3. The van der Waals surface area contributed by atoms with Crippen LogP contribution in [0.5, 0.6) is 5.75 Å². The van der Waals surface area contributed by atoms with Crippen LogP contribution < -0.4 is 10.1 Å². The van der Waals surface area contributed by atoms with E-state index in [4.69, 9.17) is 0 Å². The molecule has 1 aromatic carbocycles. The van der Waals surface area contributed by atoms with Crippen LogP contribution in [0, 0.1) is 5.92 Å². The van der Waals surface area contributed by atoms with Gasteiger partial charge in [-0.25, -0.2) is 0 Å². The molecule has 1 aromatic rings. The van der Waals surface area contributed by atoms with Crippen LogP contribution in [-0.4, -0.2) is 12.3 Å². The summed E-state index contributed by atoms with van der Waals surface area (Å²) in [5, 5.41) is 2.66. The lowest BCUT2D eigenvalue weighted by atomic mass is 10.0. The summed E-state index contributed by atoms with van der Waals surface area (Å²) in [6.07, 6.45) is 1.36. The topological polar surface area (TPSA) is 38.3 Å². The van der Waals surface area contributed by atoms with Crippen molar-refractivity contribution in [1.82, 2.24) is 5.32 Å². The summed E-state index contributed by atoms with van der Waals surface area (Å²) >= 11 is 0. The van der Waals surface area contributed by atoms with E-state index in [1.54, 1.807) is 6.07 Å². The van der Waals surface area contributed by atoms with E-state index in [9.17, 15) is 18.0 Å². The van der Waals surface area contributed by atoms with Crippen molar-refractivity contribution in [3.8, 4) is 5.75 Å². The first-order valence-electron chi connectivity index (χ1n) is 7.54. The van der Waals surface area contributed by atoms with Crippen molar-refractivity contribution in [2.45, 2.75) is 51.4 Å². The van der Waals surface area contributed by atoms with Crippen molar-refractivity contribution >= 4 is 5.91 Å². The van der Waals surface area contributed by atoms with Gasteiger partial charge < -0.3 is 10.1 Å². The average molecular weight is 315 g/mol. The number of hydrogen-bond donors (Lipinski definition) is 1. The molecule has 3 nitrogen and oxygen atoms in total. The SMILES string of the molecule is O=C(CCC1CCCC1)NCc1ccccc1OC(F)(F)F. The standard InChI is InChI=1S/C16H20F3NO2/c17-16(18,19)22-14-8-4-3-7-13(14)11-20-15(21)10-9-12-5-1-2-6-12/h3-4,7-8,12H,1-2,5-6,9-11H2,(H,20,21). The second kappa shape index (κ2) is 7.51. The first kappa shape index (κ1) is 16.6. The fourth-order valence-corrected chi connectivity index (χ4v) is 2.79. The minimum atomic E-state index is -4.73. The molecule has 0 spiro atoms. The van der Waals surface area contributed by atoms with Crippen molar-refractivity contribution in [3.63, 3.8) is 0 Å². The number of hydrogen-bond acceptors (Lipinski definition) is 2. The fraction of sp³-hybridized carbons (Fsp3) is 0.562. The lowest BCUT2D eigenvalue weighted by Crippen LogP contribution is -2.24. The number of carbonyl (C=O) groups is 1. The Hall–Kier alpha value is -1.72. The van der Waals surface area contributed by atoms with Crippen LogP contribution in [0.3, 0.4) is 0 Å². The van der Waals surface area contributed by atoms with Crippen LogP contribution in [0.1, 0.15) is 44.1 Å². The third-order valence-corrected chi connectivity index (χ3v) is 3.93. The Morgan fingerprint density at radius 3 is 2.59 bits per heavy atom. The maximum Gasteiger partial charge on any atom is 0.573 e. The molecule has 1 N–H and O–H groups in total. The number of amides is 1. The Morgan fingerprint density at radius 1 is 1.23 bits per heavy atom. The zero-order chi connectivity index (χ0) is 16.0. The van der Waals surface area contributed by atoms with Gasteiger partial charge in [-0.1, -0.05) is 43.9 Å². The van der Waals surface area contributed by atoms with E-state index >= 15 is 0 Å². The summed E-state index contributed by atoms with van der Waals surface area (Å²) in [7, 11) is 0. The predicted octanol–water partition coefficient (Wildman–Crippen LogP) is 4.17. The van der Waals surface area contributed by atoms with E-state index in [2.05, 4.69) is 10.1 Å². The van der Waals surface area contributed by atoms with Crippen molar-refractivity contribution < 1.29 is 22.7 Å². The van der Waals surface area contributed by atoms with E-state index in [1.165, 1.54) is 43.9 Å². The lowest BCUT2D eigenvalue weighted by Gasteiger charge is -2.14. The maximum atomic E-state index is 12.3. The highest BCUT2D eigenvalue weighted by atomic mass is 19.4. The molecule has 0 atom stereocenters. The molecule has 1 saturated carbocycles. The lowest BCUT2D eigenvalue weighted by molar-refractivity contribution is -0.274. The third kappa shape index (κ3) is 5.58. The molecule has 0 heterocycles. The minimum Gasteiger partial charge on any atom is -0.405 e. The molecule has 1 aliphatic rings. The van der Waals surface area contributed by atoms with Gasteiger partial charge in [0.2, 0.25) is 5.91 Å². The second-order valence-corrected chi connectivity index (χ2v) is 5.62. The molecule has 6 heteroatoms. The highest BCUT2D eigenvalue weighted by Crippen LogP contribution is 2.28. The van der Waals surface area contributed by atoms with Crippen molar-refractivity contribution in [3.05, 3.63) is 29.8 Å². The number of carbonyl (C=O) groups excluding carboxylic acids is 1. The first-order chi connectivity index (χ1) is 10.4. The normalized spacial score (nSPS) is 15.8. The van der Waals surface area contributed by atoms with Gasteiger partial charge in [0.25, 0.3) is 0 Å². The molecule has 0 saturated heterocycles. The van der Waals surface area contributed by atoms with Gasteiger partial charge in [0, 0.05) is 18.5 Å². The average Bonchev–Trinajstić information content (AvgIpc) is 2.96. The number of rotatable bonds is 6. The van der Waals surface area contributed by atoms with E-state index < -0.39 is 6.36 Å². The zero-order valence-corrected chi connectivity index (χ0v) is 12.3. The summed E-state index contributed by atoms with van der Waals surface area (Å²) in [6, 6.07) is 5.83. The highest BCUT2D eigenvalue weighted by molar-refractivity contribution is 5.75. The molecule has 0 aliphatic heterocycles. The smallest absolute Gasteiger partial charge is 0.405 e. The van der Waals surface area contributed by atoms with Gasteiger partial charge in [-0.15, -0.1) is 13.2 Å². The van der Waals surface area contributed by atoms with Gasteiger partial charge in [0.15, 0.2) is 0 Å². The third-order valence-electron chi connectivity index (χ3n) is 3.93. The van der Waals surface area contributed by atoms with E-state index in [0.29, 0.717) is 17.9 Å². The molecule has 22 heavy (non-hydrogen) atoms. The number of ether oxygens (including phenoxy) is 1. The number of para-hydroxylation sites is 1. The Morgan fingerprint density at radius 2 is 1.91 bits per heavy atom. The molecule has 1 amide bonds. The zero-order valence-electron chi connectivity index (χ0n) is 12.3. The van der Waals surface area contributed by atoms with Gasteiger partial charge in [0.05, 0.1) is 0 Å². The summed E-state index contributed by atoms with van der Waals surface area (Å²) in [5.74, 6) is 0.214. The van der Waals surface area contributed by atoms with Crippen LogP contribution in [0.2, 0.25) is 0 Å². The highest BCUT2D eigenvalue weighted by Gasteiger charge is 2.31. The number of nitrogens with one attached hydrogen (secondary N) is 1. The van der Waals surface area contributed by atoms with Crippen LogP contribution in [0.15, 0.2) is 24.3 Å². The predicted molar refractivity (Wildman–Crippen MR) is 76.2 cm³/mol. The second-order valence-electron chi connectivity index (χ2n) is 5.62. The van der Waals surface area contributed by atoms with Gasteiger partial charge in [-0.05, 0) is 18.4 Å². The largest absolute Gasteiger partial charge is 0.573 e. The maximum absolute atomic E-state index is 12.3.